The number of hydrogen-bond donors (Lipinski definition) is 2. The Morgan fingerprint density at radius 1 is 1.43 bits per heavy atom. The topological polar surface area (TPSA) is 92.2 Å². The average Bonchev–Trinajstić information content (AvgIpc) is 2.86. The maximum absolute atomic E-state index is 12.1. The van der Waals surface area contributed by atoms with Gasteiger partial charge in [0.2, 0.25) is 5.13 Å². The van der Waals surface area contributed by atoms with Crippen LogP contribution in [0.2, 0.25) is 5.02 Å². The molecule has 10 heteroatoms. The summed E-state index contributed by atoms with van der Waals surface area (Å²) in [6.07, 6.45) is 0. The number of anilines is 1. The van der Waals surface area contributed by atoms with Gasteiger partial charge in [0.15, 0.2) is 4.34 Å². The molecular formula is C11H7BrClN3O3S2. The Labute approximate surface area is 141 Å². The van der Waals surface area contributed by atoms with Gasteiger partial charge >= 0.3 is 5.97 Å². The molecule has 2 aromatic rings. The Kier molecular flexibility index (Phi) is 5.57. The Morgan fingerprint density at radius 2 is 2.19 bits per heavy atom. The van der Waals surface area contributed by atoms with Crippen LogP contribution >= 0.6 is 50.6 Å². The molecule has 2 rings (SSSR count). The molecule has 0 saturated carbocycles. The largest absolute Gasteiger partial charge is 0.481 e. The number of nitrogens with zero attached hydrogens (tertiary/aromatic N) is 2. The summed E-state index contributed by atoms with van der Waals surface area (Å²) in [5.41, 5.74) is 0.306. The SMILES string of the molecule is O=C(O)CSc1nnc(NC(=O)c2cc(Br)ccc2Cl)s1. The molecule has 0 radical (unpaired) electrons. The molecule has 1 aromatic carbocycles. The molecule has 110 valence electrons. The van der Waals surface area contributed by atoms with Crippen molar-refractivity contribution in [2.45, 2.75) is 4.34 Å². The van der Waals surface area contributed by atoms with Gasteiger partial charge in [-0.1, -0.05) is 50.6 Å². The molecule has 0 saturated heterocycles. The van der Waals surface area contributed by atoms with E-state index in [4.69, 9.17) is 16.7 Å². The lowest BCUT2D eigenvalue weighted by Crippen LogP contribution is -2.12. The highest BCUT2D eigenvalue weighted by atomic mass is 79.9. The molecule has 0 bridgehead atoms. The van der Waals surface area contributed by atoms with Crippen molar-refractivity contribution in [1.82, 2.24) is 10.2 Å². The number of nitrogens with one attached hydrogen (secondary N) is 1. The quantitative estimate of drug-likeness (QED) is 0.582. The van der Waals surface area contributed by atoms with Crippen LogP contribution in [0.3, 0.4) is 0 Å². The standard InChI is InChI=1S/C11H7BrClN3O3S2/c12-5-1-2-7(13)6(3-5)9(19)14-10-15-16-11(21-10)20-4-8(17)18/h1-3H,4H2,(H,17,18)(H,14,15,19). The van der Waals surface area contributed by atoms with Crippen LogP contribution in [-0.4, -0.2) is 32.9 Å². The number of amides is 1. The zero-order valence-electron chi connectivity index (χ0n) is 10.2. The molecule has 0 spiro atoms. The first kappa shape index (κ1) is 16.2. The van der Waals surface area contributed by atoms with E-state index >= 15 is 0 Å². The van der Waals surface area contributed by atoms with E-state index in [9.17, 15) is 9.59 Å². The van der Waals surface area contributed by atoms with Gasteiger partial charge < -0.3 is 5.11 Å². The molecule has 1 aromatic heterocycles. The average molecular weight is 409 g/mol. The summed E-state index contributed by atoms with van der Waals surface area (Å²) in [6.45, 7) is 0. The van der Waals surface area contributed by atoms with Crippen molar-refractivity contribution in [3.63, 3.8) is 0 Å². The van der Waals surface area contributed by atoms with E-state index in [1.54, 1.807) is 18.2 Å². The molecule has 0 fully saturated rings. The van der Waals surface area contributed by atoms with Crippen molar-refractivity contribution < 1.29 is 14.7 Å². The summed E-state index contributed by atoms with van der Waals surface area (Å²) < 4.78 is 1.19. The van der Waals surface area contributed by atoms with Gasteiger partial charge in [-0.3, -0.25) is 14.9 Å². The normalized spacial score (nSPS) is 10.4. The second kappa shape index (κ2) is 7.21. The maximum atomic E-state index is 12.1. The van der Waals surface area contributed by atoms with Crippen molar-refractivity contribution in [2.24, 2.45) is 0 Å². The summed E-state index contributed by atoms with van der Waals surface area (Å²) in [5.74, 6) is -1.46. The predicted octanol–water partition coefficient (Wildman–Crippen LogP) is 3.38. The van der Waals surface area contributed by atoms with Crippen LogP contribution in [0.5, 0.6) is 0 Å². The summed E-state index contributed by atoms with van der Waals surface area (Å²) in [5, 5.41) is 19.3. The van der Waals surface area contributed by atoms with Crippen molar-refractivity contribution in [1.29, 1.82) is 0 Å². The van der Waals surface area contributed by atoms with E-state index in [0.29, 0.717) is 14.9 Å². The summed E-state index contributed by atoms with van der Waals surface area (Å²) in [7, 11) is 0. The van der Waals surface area contributed by atoms with E-state index in [-0.39, 0.29) is 10.9 Å². The Hall–Kier alpha value is -1.16. The third-order valence-corrected chi connectivity index (χ3v) is 4.90. The number of aromatic nitrogens is 2. The van der Waals surface area contributed by atoms with Gasteiger partial charge in [0.1, 0.15) is 0 Å². The van der Waals surface area contributed by atoms with Crippen LogP contribution in [0.15, 0.2) is 27.0 Å². The third kappa shape index (κ3) is 4.67. The van der Waals surface area contributed by atoms with E-state index in [0.717, 1.165) is 27.6 Å². The lowest BCUT2D eigenvalue weighted by atomic mass is 10.2. The number of hydrogen-bond acceptors (Lipinski definition) is 6. The van der Waals surface area contributed by atoms with E-state index < -0.39 is 11.9 Å². The number of thioether (sulfide) groups is 1. The number of aliphatic carboxylic acids is 1. The maximum Gasteiger partial charge on any atom is 0.313 e. The fourth-order valence-corrected chi connectivity index (χ4v) is 3.31. The molecule has 1 heterocycles. The number of carbonyl (C=O) groups excluding carboxylic acids is 1. The first-order valence-corrected chi connectivity index (χ1v) is 8.37. The summed E-state index contributed by atoms with van der Waals surface area (Å²) >= 11 is 11.4. The van der Waals surface area contributed by atoms with E-state index in [1.165, 1.54) is 0 Å². The van der Waals surface area contributed by atoms with Gasteiger partial charge in [0.25, 0.3) is 5.91 Å². The number of carboxylic acids is 1. The van der Waals surface area contributed by atoms with Gasteiger partial charge in [0.05, 0.1) is 16.3 Å². The molecule has 0 aliphatic carbocycles. The lowest BCUT2D eigenvalue weighted by molar-refractivity contribution is -0.133. The molecule has 1 amide bonds. The van der Waals surface area contributed by atoms with Crippen molar-refractivity contribution in [3.05, 3.63) is 33.3 Å². The van der Waals surface area contributed by atoms with E-state index in [1.807, 2.05) is 0 Å². The summed E-state index contributed by atoms with van der Waals surface area (Å²) in [6, 6.07) is 4.93. The zero-order valence-corrected chi connectivity index (χ0v) is 14.1. The minimum Gasteiger partial charge on any atom is -0.481 e. The van der Waals surface area contributed by atoms with Crippen molar-refractivity contribution in [2.75, 3.05) is 11.1 Å². The van der Waals surface area contributed by atoms with Crippen molar-refractivity contribution >= 4 is 67.6 Å². The number of halogens is 2. The highest BCUT2D eigenvalue weighted by Gasteiger charge is 2.14. The smallest absolute Gasteiger partial charge is 0.313 e. The van der Waals surface area contributed by atoms with Crippen LogP contribution in [0.1, 0.15) is 10.4 Å². The second-order valence-electron chi connectivity index (χ2n) is 3.63. The molecular weight excluding hydrogens is 402 g/mol. The fourth-order valence-electron chi connectivity index (χ4n) is 1.28. The molecule has 0 unspecified atom stereocenters. The molecule has 21 heavy (non-hydrogen) atoms. The van der Waals surface area contributed by atoms with Crippen LogP contribution in [0, 0.1) is 0 Å². The number of carboxylic acid groups (broad SMARTS) is 1. The van der Waals surface area contributed by atoms with Crippen LogP contribution in [0.4, 0.5) is 5.13 Å². The molecule has 0 atom stereocenters. The number of rotatable bonds is 5. The van der Waals surface area contributed by atoms with Crippen LogP contribution < -0.4 is 5.32 Å². The Bertz CT molecular complexity index is 695. The highest BCUT2D eigenvalue weighted by molar-refractivity contribution is 9.10. The van der Waals surface area contributed by atoms with Crippen LogP contribution in [-0.2, 0) is 4.79 Å². The number of benzene rings is 1. The lowest BCUT2D eigenvalue weighted by Gasteiger charge is -2.04. The minimum absolute atomic E-state index is 0.111. The summed E-state index contributed by atoms with van der Waals surface area (Å²) in [4.78, 5) is 22.5. The van der Waals surface area contributed by atoms with E-state index in [2.05, 4.69) is 31.4 Å². The molecule has 6 nitrogen and oxygen atoms in total. The Balaban J connectivity index is 2.06. The first-order valence-electron chi connectivity index (χ1n) is 5.40. The third-order valence-electron chi connectivity index (χ3n) is 2.12. The van der Waals surface area contributed by atoms with Crippen LogP contribution in [0.25, 0.3) is 0 Å². The Morgan fingerprint density at radius 3 is 2.90 bits per heavy atom. The number of carbonyl (C=O) groups is 2. The van der Waals surface area contributed by atoms with Gasteiger partial charge in [0, 0.05) is 4.47 Å². The molecule has 2 N–H and O–H groups in total. The monoisotopic (exact) mass is 407 g/mol. The van der Waals surface area contributed by atoms with Gasteiger partial charge in [-0.2, -0.15) is 0 Å². The molecule has 0 aliphatic rings. The zero-order chi connectivity index (χ0) is 15.4. The fraction of sp³-hybridized carbons (Fsp3) is 0.0909. The first-order chi connectivity index (χ1) is 9.95. The van der Waals surface area contributed by atoms with Gasteiger partial charge in [-0.25, -0.2) is 0 Å². The second-order valence-corrected chi connectivity index (χ2v) is 7.16. The highest BCUT2D eigenvalue weighted by Crippen LogP contribution is 2.27. The molecule has 0 aliphatic heterocycles. The minimum atomic E-state index is -0.943. The van der Waals surface area contributed by atoms with Crippen molar-refractivity contribution in [3.8, 4) is 0 Å². The predicted molar refractivity (Wildman–Crippen MR) is 85.4 cm³/mol. The van der Waals surface area contributed by atoms with Gasteiger partial charge in [-0.15, -0.1) is 10.2 Å². The van der Waals surface area contributed by atoms with Gasteiger partial charge in [-0.05, 0) is 18.2 Å².